The molecule has 0 bridgehead atoms. The molecule has 1 atom stereocenters. The third kappa shape index (κ3) is 8.36. The maximum Gasteiger partial charge on any atom is 0.410 e. The molecule has 2 amide bonds. The van der Waals surface area contributed by atoms with Crippen LogP contribution in [0.15, 0.2) is 18.3 Å². The molecule has 1 aromatic heterocycles. The Morgan fingerprint density at radius 2 is 1.89 bits per heavy atom. The van der Waals surface area contributed by atoms with Crippen LogP contribution in [0.3, 0.4) is 0 Å². The van der Waals surface area contributed by atoms with Crippen LogP contribution in [0.2, 0.25) is 0 Å². The molecule has 8 nitrogen and oxygen atoms in total. The summed E-state index contributed by atoms with van der Waals surface area (Å²) in [5.74, 6) is 1.99. The standard InChI is InChI=1S/C28H47N5O3/c1-21(2)9-14-30-25-24(8-7-13-29-25)26(34)33-19-18-31(20-22(33)3)15-10-23-11-16-32(17-12-23)27(35)36-28(4,5)6/h7-8,13,21-23H,9-12,14-20H2,1-6H3,(H,29,30)/t22-/m0/s1. The first-order valence-electron chi connectivity index (χ1n) is 13.7. The van der Waals surface area contributed by atoms with E-state index in [1.165, 1.54) is 0 Å². The van der Waals surface area contributed by atoms with Gasteiger partial charge in [0.1, 0.15) is 11.4 Å². The number of carbonyl (C=O) groups excluding carboxylic acids is 2. The number of hydrogen-bond acceptors (Lipinski definition) is 6. The SMILES string of the molecule is CC(C)CCNc1ncccc1C(=O)N1CCN(CCC2CCN(C(=O)OC(C)(C)C)CC2)C[C@@H]1C. The Balaban J connectivity index is 1.44. The molecule has 202 valence electrons. The molecule has 2 aliphatic rings. The van der Waals surface area contributed by atoms with E-state index < -0.39 is 5.60 Å². The van der Waals surface area contributed by atoms with E-state index in [0.29, 0.717) is 23.2 Å². The van der Waals surface area contributed by atoms with Crippen LogP contribution in [0.5, 0.6) is 0 Å². The second-order valence-electron chi connectivity index (χ2n) is 11.9. The lowest BCUT2D eigenvalue weighted by atomic mass is 9.93. The molecule has 0 aliphatic carbocycles. The molecule has 2 fully saturated rings. The lowest BCUT2D eigenvalue weighted by molar-refractivity contribution is 0.0170. The first-order valence-corrected chi connectivity index (χ1v) is 13.7. The minimum absolute atomic E-state index is 0.0665. The van der Waals surface area contributed by atoms with Crippen LogP contribution >= 0.6 is 0 Å². The Kier molecular flexibility index (Phi) is 10.00. The smallest absolute Gasteiger partial charge is 0.410 e. The predicted octanol–water partition coefficient (Wildman–Crippen LogP) is 4.72. The number of anilines is 1. The molecule has 0 saturated carbocycles. The fraction of sp³-hybridized carbons (Fsp3) is 0.750. The third-order valence-electron chi connectivity index (χ3n) is 7.14. The molecular weight excluding hydrogens is 454 g/mol. The van der Waals surface area contributed by atoms with E-state index in [1.54, 1.807) is 6.20 Å². The first-order chi connectivity index (χ1) is 17.0. The predicted molar refractivity (Wildman–Crippen MR) is 144 cm³/mol. The summed E-state index contributed by atoms with van der Waals surface area (Å²) in [7, 11) is 0. The summed E-state index contributed by atoms with van der Waals surface area (Å²) in [4.78, 5) is 36.5. The van der Waals surface area contributed by atoms with Gasteiger partial charge in [-0.15, -0.1) is 0 Å². The average Bonchev–Trinajstić information content (AvgIpc) is 2.82. The molecule has 2 aliphatic heterocycles. The quantitative estimate of drug-likeness (QED) is 0.555. The number of nitrogens with zero attached hydrogens (tertiary/aromatic N) is 4. The van der Waals surface area contributed by atoms with Gasteiger partial charge >= 0.3 is 6.09 Å². The number of piperazine rings is 1. The van der Waals surface area contributed by atoms with Crippen molar-refractivity contribution in [2.24, 2.45) is 11.8 Å². The summed E-state index contributed by atoms with van der Waals surface area (Å²) in [6, 6.07) is 3.88. The van der Waals surface area contributed by atoms with Crippen molar-refractivity contribution in [1.29, 1.82) is 0 Å². The number of nitrogens with one attached hydrogen (secondary N) is 1. The van der Waals surface area contributed by atoms with Crippen LogP contribution < -0.4 is 5.32 Å². The van der Waals surface area contributed by atoms with E-state index in [4.69, 9.17) is 4.74 Å². The summed E-state index contributed by atoms with van der Waals surface area (Å²) in [6.45, 7) is 18.2. The van der Waals surface area contributed by atoms with Crippen molar-refractivity contribution in [3.63, 3.8) is 0 Å². The second kappa shape index (κ2) is 12.7. The number of ether oxygens (including phenoxy) is 1. The van der Waals surface area contributed by atoms with Gasteiger partial charge in [0.25, 0.3) is 5.91 Å². The molecule has 0 unspecified atom stereocenters. The highest BCUT2D eigenvalue weighted by atomic mass is 16.6. The Morgan fingerprint density at radius 3 is 2.53 bits per heavy atom. The normalized spacial score (nSPS) is 20.0. The van der Waals surface area contributed by atoms with Crippen LogP contribution in [0.25, 0.3) is 0 Å². The van der Waals surface area contributed by atoms with Crippen LogP contribution in [0, 0.1) is 11.8 Å². The van der Waals surface area contributed by atoms with Gasteiger partial charge in [0, 0.05) is 51.5 Å². The minimum atomic E-state index is -0.447. The van der Waals surface area contributed by atoms with E-state index in [0.717, 1.165) is 71.5 Å². The summed E-state index contributed by atoms with van der Waals surface area (Å²) in [5, 5.41) is 3.36. The summed E-state index contributed by atoms with van der Waals surface area (Å²) >= 11 is 0. The highest BCUT2D eigenvalue weighted by molar-refractivity contribution is 5.99. The number of amides is 2. The Hall–Kier alpha value is -2.35. The zero-order valence-corrected chi connectivity index (χ0v) is 23.3. The second-order valence-corrected chi connectivity index (χ2v) is 11.9. The molecule has 0 radical (unpaired) electrons. The van der Waals surface area contributed by atoms with Gasteiger partial charge in [-0.25, -0.2) is 9.78 Å². The van der Waals surface area contributed by atoms with Crippen molar-refractivity contribution in [1.82, 2.24) is 19.7 Å². The van der Waals surface area contributed by atoms with Crippen LogP contribution in [0.1, 0.15) is 77.6 Å². The highest BCUT2D eigenvalue weighted by Crippen LogP contribution is 2.24. The van der Waals surface area contributed by atoms with Crippen molar-refractivity contribution >= 4 is 17.8 Å². The molecule has 1 N–H and O–H groups in total. The zero-order chi connectivity index (χ0) is 26.3. The number of rotatable bonds is 8. The van der Waals surface area contributed by atoms with E-state index in [2.05, 4.69) is 36.0 Å². The van der Waals surface area contributed by atoms with Gasteiger partial charge in [0.15, 0.2) is 0 Å². The van der Waals surface area contributed by atoms with E-state index in [9.17, 15) is 9.59 Å². The molecular formula is C28H47N5O3. The van der Waals surface area contributed by atoms with Gasteiger partial charge in [-0.2, -0.15) is 0 Å². The van der Waals surface area contributed by atoms with Gasteiger partial charge in [-0.05, 0) is 83.9 Å². The van der Waals surface area contributed by atoms with Gasteiger partial charge < -0.3 is 19.9 Å². The molecule has 3 rings (SSSR count). The van der Waals surface area contributed by atoms with Crippen LogP contribution in [-0.2, 0) is 4.74 Å². The van der Waals surface area contributed by atoms with Crippen molar-refractivity contribution < 1.29 is 14.3 Å². The molecule has 3 heterocycles. The summed E-state index contributed by atoms with van der Waals surface area (Å²) < 4.78 is 5.52. The zero-order valence-electron chi connectivity index (χ0n) is 23.3. The Bertz CT molecular complexity index is 861. The monoisotopic (exact) mass is 501 g/mol. The minimum Gasteiger partial charge on any atom is -0.444 e. The maximum absolute atomic E-state index is 13.4. The lowest BCUT2D eigenvalue weighted by Crippen LogP contribution is -2.54. The van der Waals surface area contributed by atoms with Crippen molar-refractivity contribution in [3.05, 3.63) is 23.9 Å². The average molecular weight is 502 g/mol. The number of carbonyl (C=O) groups is 2. The number of pyridine rings is 1. The van der Waals surface area contributed by atoms with Crippen molar-refractivity contribution in [2.75, 3.05) is 51.1 Å². The van der Waals surface area contributed by atoms with E-state index >= 15 is 0 Å². The van der Waals surface area contributed by atoms with Crippen LogP contribution in [0.4, 0.5) is 10.6 Å². The van der Waals surface area contributed by atoms with Gasteiger partial charge in [-0.3, -0.25) is 9.69 Å². The lowest BCUT2D eigenvalue weighted by Gasteiger charge is -2.41. The fourth-order valence-corrected chi connectivity index (χ4v) is 4.99. The maximum atomic E-state index is 13.4. The fourth-order valence-electron chi connectivity index (χ4n) is 4.99. The van der Waals surface area contributed by atoms with E-state index in [1.807, 2.05) is 42.7 Å². The topological polar surface area (TPSA) is 78.0 Å². The van der Waals surface area contributed by atoms with Crippen molar-refractivity contribution in [3.8, 4) is 0 Å². The van der Waals surface area contributed by atoms with Crippen LogP contribution in [-0.4, -0.2) is 89.1 Å². The number of likely N-dealkylation sites (tertiary alicyclic amines) is 1. The molecule has 8 heteroatoms. The van der Waals surface area contributed by atoms with Gasteiger partial charge in [0.2, 0.25) is 0 Å². The molecule has 1 aromatic rings. The summed E-state index contributed by atoms with van der Waals surface area (Å²) in [6.07, 6.45) is 5.78. The summed E-state index contributed by atoms with van der Waals surface area (Å²) in [5.41, 5.74) is 0.218. The molecule has 2 saturated heterocycles. The first kappa shape index (κ1) is 28.2. The highest BCUT2D eigenvalue weighted by Gasteiger charge is 2.31. The number of hydrogen-bond donors (Lipinski definition) is 1. The van der Waals surface area contributed by atoms with Gasteiger partial charge in [-0.1, -0.05) is 13.8 Å². The number of piperidine rings is 1. The van der Waals surface area contributed by atoms with Gasteiger partial charge in [0.05, 0.1) is 5.56 Å². The van der Waals surface area contributed by atoms with Crippen molar-refractivity contribution in [2.45, 2.75) is 78.9 Å². The molecule has 0 spiro atoms. The Morgan fingerprint density at radius 1 is 1.17 bits per heavy atom. The number of aromatic nitrogens is 1. The molecule has 36 heavy (non-hydrogen) atoms. The van der Waals surface area contributed by atoms with E-state index in [-0.39, 0.29) is 18.0 Å². The largest absolute Gasteiger partial charge is 0.444 e. The third-order valence-corrected chi connectivity index (χ3v) is 7.14. The Labute approximate surface area is 217 Å². The molecule has 0 aromatic carbocycles.